The summed E-state index contributed by atoms with van der Waals surface area (Å²) >= 11 is 0. The number of aryl methyl sites for hydroxylation is 1. The zero-order valence-corrected chi connectivity index (χ0v) is 7.93. The normalized spacial score (nSPS) is 10.1. The van der Waals surface area contributed by atoms with Gasteiger partial charge in [-0.25, -0.2) is 4.39 Å². The Bertz CT molecular complexity index is 298. The molecule has 0 aliphatic heterocycles. The van der Waals surface area contributed by atoms with Crippen LogP contribution in [0.25, 0.3) is 0 Å². The quantitative estimate of drug-likeness (QED) is 0.653. The molecule has 0 N–H and O–H groups in total. The predicted molar refractivity (Wildman–Crippen MR) is 50.4 cm³/mol. The van der Waals surface area contributed by atoms with E-state index in [0.717, 1.165) is 12.0 Å². The summed E-state index contributed by atoms with van der Waals surface area (Å²) in [6, 6.07) is 4.44. The SMILES string of the molecule is CCCC(=O)c1cc(C)cc(F)c1. The van der Waals surface area contributed by atoms with Gasteiger partial charge < -0.3 is 0 Å². The van der Waals surface area contributed by atoms with Crippen molar-refractivity contribution in [3.05, 3.63) is 35.1 Å². The second-order valence-corrected chi connectivity index (χ2v) is 3.19. The van der Waals surface area contributed by atoms with Gasteiger partial charge in [0.05, 0.1) is 0 Å². The van der Waals surface area contributed by atoms with Crippen molar-refractivity contribution in [1.29, 1.82) is 0 Å². The molecule has 0 saturated heterocycles. The molecule has 0 aliphatic rings. The van der Waals surface area contributed by atoms with Crippen LogP contribution in [-0.2, 0) is 0 Å². The number of benzene rings is 1. The zero-order valence-electron chi connectivity index (χ0n) is 7.93. The molecule has 0 aromatic heterocycles. The van der Waals surface area contributed by atoms with Gasteiger partial charge in [0, 0.05) is 12.0 Å². The molecule has 0 atom stereocenters. The van der Waals surface area contributed by atoms with Crippen LogP contribution in [0, 0.1) is 12.7 Å². The molecule has 0 fully saturated rings. The van der Waals surface area contributed by atoms with Gasteiger partial charge in [0.1, 0.15) is 5.82 Å². The predicted octanol–water partition coefficient (Wildman–Crippen LogP) is 3.12. The minimum Gasteiger partial charge on any atom is -0.294 e. The van der Waals surface area contributed by atoms with Crippen LogP contribution in [0.4, 0.5) is 4.39 Å². The summed E-state index contributed by atoms with van der Waals surface area (Å²) in [7, 11) is 0. The van der Waals surface area contributed by atoms with E-state index in [0.29, 0.717) is 12.0 Å². The van der Waals surface area contributed by atoms with E-state index in [9.17, 15) is 9.18 Å². The van der Waals surface area contributed by atoms with Crippen LogP contribution >= 0.6 is 0 Å². The topological polar surface area (TPSA) is 17.1 Å². The molecule has 0 spiro atoms. The molecule has 0 amide bonds. The fraction of sp³-hybridized carbons (Fsp3) is 0.364. The number of ketones is 1. The highest BCUT2D eigenvalue weighted by atomic mass is 19.1. The summed E-state index contributed by atoms with van der Waals surface area (Å²) in [5.41, 5.74) is 1.28. The lowest BCUT2D eigenvalue weighted by atomic mass is 10.0. The fourth-order valence-electron chi connectivity index (χ4n) is 1.27. The van der Waals surface area contributed by atoms with Crippen LogP contribution in [0.15, 0.2) is 18.2 Å². The minimum atomic E-state index is -0.334. The summed E-state index contributed by atoms with van der Waals surface area (Å²) in [6.07, 6.45) is 1.29. The Kier molecular flexibility index (Phi) is 3.18. The van der Waals surface area contributed by atoms with Crippen molar-refractivity contribution in [3.63, 3.8) is 0 Å². The third kappa shape index (κ3) is 2.65. The maximum absolute atomic E-state index is 12.9. The molecule has 13 heavy (non-hydrogen) atoms. The summed E-state index contributed by atoms with van der Waals surface area (Å²) in [4.78, 5) is 11.4. The highest BCUT2D eigenvalue weighted by Gasteiger charge is 2.06. The van der Waals surface area contributed by atoms with Crippen LogP contribution in [0.2, 0.25) is 0 Å². The lowest BCUT2D eigenvalue weighted by molar-refractivity contribution is 0.0981. The molecule has 2 heteroatoms. The molecule has 0 bridgehead atoms. The van der Waals surface area contributed by atoms with Gasteiger partial charge >= 0.3 is 0 Å². The summed E-state index contributed by atoms with van der Waals surface area (Å²) < 4.78 is 12.9. The Morgan fingerprint density at radius 1 is 1.38 bits per heavy atom. The first-order valence-corrected chi connectivity index (χ1v) is 4.44. The molecule has 70 valence electrons. The van der Waals surface area contributed by atoms with Gasteiger partial charge in [-0.1, -0.05) is 6.92 Å². The van der Waals surface area contributed by atoms with Crippen molar-refractivity contribution in [2.24, 2.45) is 0 Å². The van der Waals surface area contributed by atoms with Crippen molar-refractivity contribution in [2.45, 2.75) is 26.7 Å². The van der Waals surface area contributed by atoms with Gasteiger partial charge in [0.2, 0.25) is 0 Å². The Morgan fingerprint density at radius 3 is 2.62 bits per heavy atom. The Labute approximate surface area is 77.6 Å². The maximum atomic E-state index is 12.9. The highest BCUT2D eigenvalue weighted by molar-refractivity contribution is 5.96. The molecule has 0 aliphatic carbocycles. The van der Waals surface area contributed by atoms with Gasteiger partial charge in [-0.15, -0.1) is 0 Å². The molecular formula is C11H13FO. The van der Waals surface area contributed by atoms with Gasteiger partial charge in [0.15, 0.2) is 5.78 Å². The van der Waals surface area contributed by atoms with Crippen LogP contribution in [0.3, 0.4) is 0 Å². The number of Topliss-reactive ketones (excluding diaryl/α,β-unsaturated/α-hetero) is 1. The number of carbonyl (C=O) groups is 1. The van der Waals surface area contributed by atoms with E-state index < -0.39 is 0 Å². The van der Waals surface area contributed by atoms with Gasteiger partial charge in [-0.3, -0.25) is 4.79 Å². The van der Waals surface area contributed by atoms with Gasteiger partial charge in [-0.2, -0.15) is 0 Å². The lowest BCUT2D eigenvalue weighted by Gasteiger charge is -2.00. The second-order valence-electron chi connectivity index (χ2n) is 3.19. The van der Waals surface area contributed by atoms with Gasteiger partial charge in [-0.05, 0) is 37.1 Å². The molecule has 0 unspecified atom stereocenters. The maximum Gasteiger partial charge on any atom is 0.162 e. The first-order chi connectivity index (χ1) is 6.13. The molecule has 0 saturated carbocycles. The number of hydrogen-bond donors (Lipinski definition) is 0. The number of rotatable bonds is 3. The molecule has 1 rings (SSSR count). The van der Waals surface area contributed by atoms with E-state index in [1.54, 1.807) is 13.0 Å². The zero-order chi connectivity index (χ0) is 9.84. The van der Waals surface area contributed by atoms with E-state index in [4.69, 9.17) is 0 Å². The van der Waals surface area contributed by atoms with Crippen LogP contribution in [0.5, 0.6) is 0 Å². The van der Waals surface area contributed by atoms with Crippen molar-refractivity contribution in [1.82, 2.24) is 0 Å². The monoisotopic (exact) mass is 180 g/mol. The standard InChI is InChI=1S/C11H13FO/c1-3-4-11(13)9-5-8(2)6-10(12)7-9/h5-7H,3-4H2,1-2H3. The number of hydrogen-bond acceptors (Lipinski definition) is 1. The van der Waals surface area contributed by atoms with Crippen molar-refractivity contribution in [3.8, 4) is 0 Å². The Hall–Kier alpha value is -1.18. The molecular weight excluding hydrogens is 167 g/mol. The van der Waals surface area contributed by atoms with Crippen LogP contribution in [0.1, 0.15) is 35.7 Å². The van der Waals surface area contributed by atoms with Gasteiger partial charge in [0.25, 0.3) is 0 Å². The first kappa shape index (κ1) is 9.90. The molecule has 1 nitrogen and oxygen atoms in total. The van der Waals surface area contributed by atoms with Crippen molar-refractivity contribution < 1.29 is 9.18 Å². The van der Waals surface area contributed by atoms with E-state index in [-0.39, 0.29) is 11.6 Å². The third-order valence-corrected chi connectivity index (χ3v) is 1.84. The Morgan fingerprint density at radius 2 is 2.08 bits per heavy atom. The van der Waals surface area contributed by atoms with Crippen molar-refractivity contribution >= 4 is 5.78 Å². The summed E-state index contributed by atoms with van der Waals surface area (Å²) in [5, 5.41) is 0. The molecule has 1 aromatic rings. The molecule has 1 aromatic carbocycles. The summed E-state index contributed by atoms with van der Waals surface area (Å²) in [6.45, 7) is 3.72. The number of halogens is 1. The van der Waals surface area contributed by atoms with E-state index >= 15 is 0 Å². The van der Waals surface area contributed by atoms with E-state index in [1.165, 1.54) is 12.1 Å². The van der Waals surface area contributed by atoms with Crippen LogP contribution < -0.4 is 0 Å². The smallest absolute Gasteiger partial charge is 0.162 e. The fourth-order valence-corrected chi connectivity index (χ4v) is 1.27. The number of carbonyl (C=O) groups excluding carboxylic acids is 1. The highest BCUT2D eigenvalue weighted by Crippen LogP contribution is 2.11. The average molecular weight is 180 g/mol. The summed E-state index contributed by atoms with van der Waals surface area (Å²) in [5.74, 6) is -0.315. The largest absolute Gasteiger partial charge is 0.294 e. The molecule has 0 radical (unpaired) electrons. The van der Waals surface area contributed by atoms with Crippen LogP contribution in [-0.4, -0.2) is 5.78 Å². The Balaban J connectivity index is 2.94. The third-order valence-electron chi connectivity index (χ3n) is 1.84. The van der Waals surface area contributed by atoms with E-state index in [2.05, 4.69) is 0 Å². The lowest BCUT2D eigenvalue weighted by Crippen LogP contribution is -1.99. The molecule has 0 heterocycles. The first-order valence-electron chi connectivity index (χ1n) is 4.44. The van der Waals surface area contributed by atoms with E-state index in [1.807, 2.05) is 6.92 Å². The second kappa shape index (κ2) is 4.17. The van der Waals surface area contributed by atoms with Crippen molar-refractivity contribution in [2.75, 3.05) is 0 Å². The minimum absolute atomic E-state index is 0.0186. The average Bonchev–Trinajstić information content (AvgIpc) is 2.03.